The molecule has 0 unspecified atom stereocenters. The average Bonchev–Trinajstić information content (AvgIpc) is 3.58. The van der Waals surface area contributed by atoms with Crippen LogP contribution in [0.4, 0.5) is 19.1 Å². The fourth-order valence-corrected chi connectivity index (χ4v) is 5.98. The molecule has 0 amide bonds. The van der Waals surface area contributed by atoms with Crippen molar-refractivity contribution in [3.63, 3.8) is 0 Å². The van der Waals surface area contributed by atoms with Gasteiger partial charge >= 0.3 is 6.18 Å². The van der Waals surface area contributed by atoms with Crippen LogP contribution >= 0.6 is 0 Å². The Labute approximate surface area is 227 Å². The number of carbonyl (C=O) groups is 1. The molecule has 0 aliphatic carbocycles. The average molecular weight is 575 g/mol. The monoisotopic (exact) mass is 574 g/mol. The van der Waals surface area contributed by atoms with Crippen LogP contribution in [-0.2, 0) is 23.2 Å². The Hall–Kier alpha value is -4.11. The summed E-state index contributed by atoms with van der Waals surface area (Å²) in [7, 11) is -2.06. The first-order chi connectivity index (χ1) is 19.0. The minimum atomic E-state index is -4.71. The minimum Gasteiger partial charge on any atom is -0.351 e. The van der Waals surface area contributed by atoms with E-state index in [0.717, 1.165) is 11.8 Å². The van der Waals surface area contributed by atoms with Crippen molar-refractivity contribution in [3.8, 4) is 16.9 Å². The number of alkyl halides is 3. The van der Waals surface area contributed by atoms with Crippen molar-refractivity contribution in [2.24, 2.45) is 7.05 Å². The predicted octanol–water partition coefficient (Wildman–Crippen LogP) is 3.47. The van der Waals surface area contributed by atoms with Gasteiger partial charge in [-0.25, -0.2) is 28.1 Å². The molecule has 1 N–H and O–H groups in total. The number of imidazole rings is 1. The predicted molar refractivity (Wildman–Crippen MR) is 138 cm³/mol. The number of sulfonamides is 1. The molecular formula is C25H25F3N8O3S. The topological polar surface area (TPSA) is 128 Å². The molecule has 0 atom stereocenters. The molecule has 0 radical (unpaired) electrons. The lowest BCUT2D eigenvalue weighted by Crippen LogP contribution is -2.42. The van der Waals surface area contributed by atoms with Crippen LogP contribution in [0.5, 0.6) is 0 Å². The number of nitrogens with one attached hydrogen (secondary N) is 1. The number of aryl methyl sites for hydroxylation is 2. The van der Waals surface area contributed by atoms with Crippen molar-refractivity contribution in [2.45, 2.75) is 37.0 Å². The van der Waals surface area contributed by atoms with Crippen LogP contribution in [0.2, 0.25) is 0 Å². The molecule has 15 heteroatoms. The summed E-state index contributed by atoms with van der Waals surface area (Å²) < 4.78 is 71.6. The van der Waals surface area contributed by atoms with E-state index in [1.807, 2.05) is 0 Å². The number of carbonyl (C=O) groups excluding carboxylic acids is 1. The molecule has 40 heavy (non-hydrogen) atoms. The zero-order valence-corrected chi connectivity index (χ0v) is 22.3. The van der Waals surface area contributed by atoms with Crippen LogP contribution in [0.3, 0.4) is 0 Å². The summed E-state index contributed by atoms with van der Waals surface area (Å²) in [6, 6.07) is 4.66. The van der Waals surface area contributed by atoms with Gasteiger partial charge in [0.1, 0.15) is 11.8 Å². The van der Waals surface area contributed by atoms with E-state index in [1.165, 1.54) is 33.9 Å². The van der Waals surface area contributed by atoms with Gasteiger partial charge in [0, 0.05) is 55.9 Å². The van der Waals surface area contributed by atoms with Crippen molar-refractivity contribution < 1.29 is 26.4 Å². The summed E-state index contributed by atoms with van der Waals surface area (Å²) in [4.78, 5) is 23.1. The van der Waals surface area contributed by atoms with E-state index >= 15 is 0 Å². The number of hydrogen-bond donors (Lipinski definition) is 1. The molecule has 3 aromatic heterocycles. The molecule has 210 valence electrons. The van der Waals surface area contributed by atoms with E-state index in [9.17, 15) is 26.4 Å². The molecule has 1 saturated heterocycles. The number of halogens is 3. The second kappa shape index (κ2) is 10.5. The van der Waals surface area contributed by atoms with Gasteiger partial charge < -0.3 is 9.88 Å². The van der Waals surface area contributed by atoms with Crippen LogP contribution < -0.4 is 5.32 Å². The van der Waals surface area contributed by atoms with E-state index in [0.29, 0.717) is 30.4 Å². The highest BCUT2D eigenvalue weighted by Gasteiger charge is 2.36. The van der Waals surface area contributed by atoms with Crippen molar-refractivity contribution in [1.29, 1.82) is 0 Å². The van der Waals surface area contributed by atoms with Gasteiger partial charge in [-0.15, -0.1) is 0 Å². The summed E-state index contributed by atoms with van der Waals surface area (Å²) in [5.41, 5.74) is 0.574. The van der Waals surface area contributed by atoms with Gasteiger partial charge in [-0.2, -0.15) is 22.6 Å². The standard InChI is InChI=1S/C25H25F3N8O3S/c1-16-9-17(14-37)3-4-21(16)36-12-18(10-31-36)23-20(25(26,27)28)11-29-24(33-23)32-19-5-7-35(8-6-19)40(38,39)22-13-34(2)15-30-22/h3-4,9-15,19H,5-8H2,1-2H3,(H,29,32,33). The van der Waals surface area contributed by atoms with Gasteiger partial charge in [-0.05, 0) is 43.5 Å². The molecule has 0 saturated carbocycles. The highest BCUT2D eigenvalue weighted by Crippen LogP contribution is 2.36. The van der Waals surface area contributed by atoms with Crippen LogP contribution in [0.15, 0.2) is 54.3 Å². The molecule has 4 aromatic rings. The second-order valence-electron chi connectivity index (χ2n) is 9.49. The number of aromatic nitrogens is 6. The number of rotatable bonds is 7. The molecule has 5 rings (SSSR count). The van der Waals surface area contributed by atoms with Gasteiger partial charge in [-0.3, -0.25) is 4.79 Å². The van der Waals surface area contributed by atoms with E-state index in [-0.39, 0.29) is 41.4 Å². The van der Waals surface area contributed by atoms with Crippen LogP contribution in [0, 0.1) is 6.92 Å². The third-order valence-electron chi connectivity index (χ3n) is 6.63. The summed E-state index contributed by atoms with van der Waals surface area (Å²) >= 11 is 0. The Morgan fingerprint density at radius 2 is 1.85 bits per heavy atom. The van der Waals surface area contributed by atoms with Crippen LogP contribution in [-0.4, -0.2) is 67.4 Å². The fourth-order valence-electron chi connectivity index (χ4n) is 4.54. The summed E-state index contributed by atoms with van der Waals surface area (Å²) in [5.74, 6) is -0.00620. The van der Waals surface area contributed by atoms with Crippen molar-refractivity contribution >= 4 is 22.3 Å². The second-order valence-corrected chi connectivity index (χ2v) is 11.4. The number of benzene rings is 1. The fraction of sp³-hybridized carbons (Fsp3) is 0.320. The highest BCUT2D eigenvalue weighted by atomic mass is 32.2. The van der Waals surface area contributed by atoms with Crippen molar-refractivity contribution in [3.05, 3.63) is 66.0 Å². The van der Waals surface area contributed by atoms with Gasteiger partial charge in [-0.1, -0.05) is 0 Å². The first-order valence-corrected chi connectivity index (χ1v) is 13.7. The van der Waals surface area contributed by atoms with Gasteiger partial charge in [0.25, 0.3) is 10.0 Å². The maximum Gasteiger partial charge on any atom is 0.419 e. The first-order valence-electron chi connectivity index (χ1n) is 12.3. The van der Waals surface area contributed by atoms with E-state index in [4.69, 9.17) is 0 Å². The lowest BCUT2D eigenvalue weighted by molar-refractivity contribution is -0.137. The molecule has 1 aromatic carbocycles. The molecule has 1 aliphatic rings. The van der Waals surface area contributed by atoms with Gasteiger partial charge in [0.15, 0.2) is 5.03 Å². The molecule has 1 fully saturated rings. The summed E-state index contributed by atoms with van der Waals surface area (Å²) in [6.45, 7) is 2.18. The summed E-state index contributed by atoms with van der Waals surface area (Å²) in [5, 5.41) is 7.24. The number of hydrogen-bond acceptors (Lipinski definition) is 8. The maximum absolute atomic E-state index is 13.9. The quantitative estimate of drug-likeness (QED) is 0.333. The number of nitrogens with zero attached hydrogens (tertiary/aromatic N) is 7. The Morgan fingerprint density at radius 3 is 2.48 bits per heavy atom. The Bertz CT molecular complexity index is 1660. The van der Waals surface area contributed by atoms with Crippen LogP contribution in [0.25, 0.3) is 16.9 Å². The van der Waals surface area contributed by atoms with E-state index in [2.05, 4.69) is 25.4 Å². The largest absolute Gasteiger partial charge is 0.419 e. The zero-order valence-electron chi connectivity index (χ0n) is 21.5. The SMILES string of the molecule is Cc1cc(C=O)ccc1-n1cc(-c2nc(NC3CCN(S(=O)(=O)c4cn(C)cn4)CC3)ncc2C(F)(F)F)cn1. The molecule has 1 aliphatic heterocycles. The Morgan fingerprint density at radius 1 is 1.10 bits per heavy atom. The number of aldehydes is 1. The highest BCUT2D eigenvalue weighted by molar-refractivity contribution is 7.89. The van der Waals surface area contributed by atoms with Gasteiger partial charge in [0.2, 0.25) is 5.95 Å². The smallest absolute Gasteiger partial charge is 0.351 e. The normalized spacial score (nSPS) is 15.3. The van der Waals surface area contributed by atoms with Crippen molar-refractivity contribution in [1.82, 2.24) is 33.6 Å². The lowest BCUT2D eigenvalue weighted by Gasteiger charge is -2.31. The first kappa shape index (κ1) is 27.5. The van der Waals surface area contributed by atoms with E-state index in [1.54, 1.807) is 36.7 Å². The molecule has 11 nitrogen and oxygen atoms in total. The van der Waals surface area contributed by atoms with Crippen LogP contribution in [0.1, 0.15) is 34.3 Å². The molecule has 0 bridgehead atoms. The molecule has 4 heterocycles. The van der Waals surface area contributed by atoms with Gasteiger partial charge in [0.05, 0.1) is 23.9 Å². The Kier molecular flexibility index (Phi) is 7.18. The third-order valence-corrected chi connectivity index (χ3v) is 8.41. The molecular weight excluding hydrogens is 549 g/mol. The number of anilines is 1. The molecule has 0 spiro atoms. The number of piperidine rings is 1. The van der Waals surface area contributed by atoms with Crippen molar-refractivity contribution in [2.75, 3.05) is 18.4 Å². The Balaban J connectivity index is 1.36. The zero-order chi connectivity index (χ0) is 28.7. The third kappa shape index (κ3) is 5.47. The lowest BCUT2D eigenvalue weighted by atomic mass is 10.1. The van der Waals surface area contributed by atoms with E-state index < -0.39 is 21.8 Å². The maximum atomic E-state index is 13.9. The summed E-state index contributed by atoms with van der Waals surface area (Å²) in [6.07, 6.45) is 3.10. The minimum absolute atomic E-state index is 0.00620.